The molecule has 0 saturated carbocycles. The molecule has 6 nitrogen and oxygen atoms in total. The van der Waals surface area contributed by atoms with E-state index in [9.17, 15) is 14.7 Å². The average Bonchev–Trinajstić information content (AvgIpc) is 2.57. The number of rotatable bonds is 5. The summed E-state index contributed by atoms with van der Waals surface area (Å²) in [5.74, 6) is -0.143. The normalized spacial score (nSPS) is 12.2. The van der Waals surface area contributed by atoms with Crippen molar-refractivity contribution in [3.8, 4) is 5.75 Å². The number of phenolic OH excluding ortho intramolecular Hbond substituents is 1. The number of alkyl carbamates (subject to hydrolysis) is 1. The zero-order valence-corrected chi connectivity index (χ0v) is 21.0. The maximum atomic E-state index is 12.9. The van der Waals surface area contributed by atoms with Crippen LogP contribution in [0.1, 0.15) is 31.9 Å². The largest absolute Gasteiger partial charge is 0.506 e. The SMILES string of the molecule is Cc1cccc(NC(=O)[C@@H](Cc2cc(I)c(O)c(I)c2)NC(=O)OC(C)(C)C)c1. The van der Waals surface area contributed by atoms with Crippen LogP contribution in [0.15, 0.2) is 36.4 Å². The summed E-state index contributed by atoms with van der Waals surface area (Å²) in [5.41, 5.74) is 1.81. The van der Waals surface area contributed by atoms with E-state index < -0.39 is 17.7 Å². The van der Waals surface area contributed by atoms with Crippen LogP contribution in [0.5, 0.6) is 5.75 Å². The van der Waals surface area contributed by atoms with Gasteiger partial charge in [0.1, 0.15) is 17.4 Å². The second-order valence-electron chi connectivity index (χ2n) is 7.67. The van der Waals surface area contributed by atoms with E-state index in [1.165, 1.54) is 0 Å². The minimum atomic E-state index is -0.846. The summed E-state index contributed by atoms with van der Waals surface area (Å²) in [6, 6.07) is 10.2. The number of hydrogen-bond donors (Lipinski definition) is 3. The van der Waals surface area contributed by atoms with Gasteiger partial charge < -0.3 is 20.5 Å². The molecule has 0 aliphatic rings. The number of aromatic hydroxyl groups is 1. The first-order chi connectivity index (χ1) is 13.4. The zero-order valence-electron chi connectivity index (χ0n) is 16.7. The smallest absolute Gasteiger partial charge is 0.408 e. The highest BCUT2D eigenvalue weighted by atomic mass is 127. The summed E-state index contributed by atoms with van der Waals surface area (Å²) >= 11 is 4.08. The number of hydrogen-bond acceptors (Lipinski definition) is 4. The van der Waals surface area contributed by atoms with E-state index in [4.69, 9.17) is 4.74 Å². The second kappa shape index (κ2) is 9.96. The molecule has 0 aliphatic heterocycles. The van der Waals surface area contributed by atoms with E-state index in [0.29, 0.717) is 12.8 Å². The van der Waals surface area contributed by atoms with Gasteiger partial charge in [0, 0.05) is 12.1 Å². The van der Waals surface area contributed by atoms with Crippen LogP contribution in [0.4, 0.5) is 10.5 Å². The number of halogens is 2. The summed E-state index contributed by atoms with van der Waals surface area (Å²) in [6.45, 7) is 7.23. The molecule has 2 amide bonds. The Morgan fingerprint density at radius 1 is 1.14 bits per heavy atom. The predicted octanol–water partition coefficient (Wildman–Crippen LogP) is 4.98. The van der Waals surface area contributed by atoms with Crippen LogP contribution < -0.4 is 10.6 Å². The topological polar surface area (TPSA) is 87.7 Å². The minimum Gasteiger partial charge on any atom is -0.506 e. The van der Waals surface area contributed by atoms with E-state index in [2.05, 4.69) is 10.6 Å². The van der Waals surface area contributed by atoms with Crippen LogP contribution in [-0.4, -0.2) is 28.7 Å². The molecule has 0 aliphatic carbocycles. The molecular formula is C21H24I2N2O4. The number of aryl methyl sites for hydroxylation is 1. The molecule has 0 heterocycles. The first kappa shape index (κ1) is 23.7. The first-order valence-corrected chi connectivity index (χ1v) is 11.1. The Hall–Kier alpha value is -1.56. The van der Waals surface area contributed by atoms with E-state index >= 15 is 0 Å². The lowest BCUT2D eigenvalue weighted by Crippen LogP contribution is -2.47. The number of anilines is 1. The number of carbonyl (C=O) groups excluding carboxylic acids is 2. The van der Waals surface area contributed by atoms with Crippen molar-refractivity contribution in [3.63, 3.8) is 0 Å². The molecular weight excluding hydrogens is 598 g/mol. The Bertz CT molecular complexity index is 887. The minimum absolute atomic E-state index is 0.204. The summed E-state index contributed by atoms with van der Waals surface area (Å²) in [4.78, 5) is 25.2. The lowest BCUT2D eigenvalue weighted by Gasteiger charge is -2.23. The van der Waals surface area contributed by atoms with Crippen LogP contribution in [0, 0.1) is 14.1 Å². The number of ether oxygens (including phenoxy) is 1. The van der Waals surface area contributed by atoms with Crippen LogP contribution in [0.3, 0.4) is 0 Å². The summed E-state index contributed by atoms with van der Waals surface area (Å²) < 4.78 is 6.68. The van der Waals surface area contributed by atoms with Crippen molar-refractivity contribution in [2.75, 3.05) is 5.32 Å². The van der Waals surface area contributed by atoms with Gasteiger partial charge in [0.05, 0.1) is 7.14 Å². The van der Waals surface area contributed by atoms with Crippen molar-refractivity contribution >= 4 is 62.9 Å². The Morgan fingerprint density at radius 2 is 1.76 bits per heavy atom. The van der Waals surface area contributed by atoms with E-state index in [1.54, 1.807) is 39.0 Å². The lowest BCUT2D eigenvalue weighted by atomic mass is 10.0. The highest BCUT2D eigenvalue weighted by Crippen LogP contribution is 2.28. The molecule has 0 bridgehead atoms. The van der Waals surface area contributed by atoms with Gasteiger partial charge >= 0.3 is 6.09 Å². The summed E-state index contributed by atoms with van der Waals surface area (Å²) in [7, 11) is 0. The molecule has 0 unspecified atom stereocenters. The highest BCUT2D eigenvalue weighted by Gasteiger charge is 2.25. The maximum absolute atomic E-state index is 12.9. The van der Waals surface area contributed by atoms with Gasteiger partial charge in [-0.25, -0.2) is 4.79 Å². The average molecular weight is 622 g/mol. The molecule has 8 heteroatoms. The fraction of sp³-hybridized carbons (Fsp3) is 0.333. The third-order valence-electron chi connectivity index (χ3n) is 3.81. The Labute approximate surface area is 198 Å². The molecule has 156 valence electrons. The predicted molar refractivity (Wildman–Crippen MR) is 130 cm³/mol. The maximum Gasteiger partial charge on any atom is 0.408 e. The van der Waals surface area contributed by atoms with Crippen LogP contribution in [0.25, 0.3) is 0 Å². The zero-order chi connectivity index (χ0) is 21.8. The van der Waals surface area contributed by atoms with Crippen LogP contribution in [0.2, 0.25) is 0 Å². The number of carbonyl (C=O) groups is 2. The molecule has 0 spiro atoms. The number of nitrogens with one attached hydrogen (secondary N) is 2. The van der Waals surface area contributed by atoms with Crippen molar-refractivity contribution in [3.05, 3.63) is 54.7 Å². The van der Waals surface area contributed by atoms with Gasteiger partial charge in [-0.2, -0.15) is 0 Å². The first-order valence-electron chi connectivity index (χ1n) is 8.98. The quantitative estimate of drug-likeness (QED) is 0.411. The Kier molecular flexibility index (Phi) is 8.15. The van der Waals surface area contributed by atoms with Crippen molar-refractivity contribution in [1.82, 2.24) is 5.32 Å². The van der Waals surface area contributed by atoms with E-state index in [1.807, 2.05) is 70.3 Å². The lowest BCUT2D eigenvalue weighted by molar-refractivity contribution is -0.118. The Balaban J connectivity index is 2.24. The molecule has 0 fully saturated rings. The third-order valence-corrected chi connectivity index (χ3v) is 5.45. The van der Waals surface area contributed by atoms with Crippen molar-refractivity contribution in [2.24, 2.45) is 0 Å². The van der Waals surface area contributed by atoms with Crippen molar-refractivity contribution in [1.29, 1.82) is 0 Å². The number of benzene rings is 2. The van der Waals surface area contributed by atoms with Crippen LogP contribution in [-0.2, 0) is 16.0 Å². The van der Waals surface area contributed by atoms with E-state index in [-0.39, 0.29) is 18.1 Å². The summed E-state index contributed by atoms with van der Waals surface area (Å²) in [6.07, 6.45) is -0.409. The standard InChI is InChI=1S/C21H24I2N2O4/c1-12-6-5-7-14(8-12)24-19(27)17(25-20(28)29-21(2,3)4)11-13-9-15(22)18(26)16(23)10-13/h5-10,17,26H,11H2,1-4H3,(H,24,27)(H,25,28)/t17-/m1/s1. The molecule has 0 radical (unpaired) electrons. The van der Waals surface area contributed by atoms with Gasteiger partial charge in [-0.1, -0.05) is 12.1 Å². The van der Waals surface area contributed by atoms with Gasteiger partial charge in [0.15, 0.2) is 0 Å². The molecule has 0 aromatic heterocycles. The van der Waals surface area contributed by atoms with Gasteiger partial charge in [0.25, 0.3) is 0 Å². The van der Waals surface area contributed by atoms with Crippen molar-refractivity contribution < 1.29 is 19.4 Å². The molecule has 0 saturated heterocycles. The summed E-state index contributed by atoms with van der Waals surface area (Å²) in [5, 5.41) is 15.5. The molecule has 2 aromatic carbocycles. The molecule has 3 N–H and O–H groups in total. The number of phenols is 1. The highest BCUT2D eigenvalue weighted by molar-refractivity contribution is 14.1. The molecule has 2 rings (SSSR count). The monoisotopic (exact) mass is 622 g/mol. The van der Waals surface area contributed by atoms with Gasteiger partial charge in [-0.15, -0.1) is 0 Å². The van der Waals surface area contributed by atoms with Gasteiger partial charge in [-0.3, -0.25) is 4.79 Å². The van der Waals surface area contributed by atoms with Gasteiger partial charge in [-0.05, 0) is 108 Å². The Morgan fingerprint density at radius 3 is 2.31 bits per heavy atom. The second-order valence-corrected chi connectivity index (χ2v) is 9.99. The van der Waals surface area contributed by atoms with Gasteiger partial charge in [0.2, 0.25) is 5.91 Å². The molecule has 29 heavy (non-hydrogen) atoms. The number of amides is 2. The third kappa shape index (κ3) is 7.65. The fourth-order valence-corrected chi connectivity index (χ4v) is 4.48. The van der Waals surface area contributed by atoms with Crippen LogP contribution >= 0.6 is 45.2 Å². The fourth-order valence-electron chi connectivity index (χ4n) is 2.58. The molecule has 2 aromatic rings. The van der Waals surface area contributed by atoms with E-state index in [0.717, 1.165) is 11.1 Å². The van der Waals surface area contributed by atoms with Crippen molar-refractivity contribution in [2.45, 2.75) is 45.8 Å². The molecule has 1 atom stereocenters.